The van der Waals surface area contributed by atoms with Crippen molar-refractivity contribution in [1.29, 1.82) is 0 Å². The molecule has 2 aromatic carbocycles. The normalized spacial score (nSPS) is 13.0. The van der Waals surface area contributed by atoms with E-state index in [9.17, 15) is 4.79 Å². The molecule has 0 radical (unpaired) electrons. The van der Waals surface area contributed by atoms with E-state index >= 15 is 0 Å². The highest BCUT2D eigenvalue weighted by Crippen LogP contribution is 2.30. The SMILES string of the molecule is CCC(C)NC(=O)c1ccc(CSc2nnc(-c3ccc(C)cc3)n2C(C)COC)cc1. The van der Waals surface area contributed by atoms with Crippen LogP contribution in [0.5, 0.6) is 0 Å². The molecule has 1 aromatic heterocycles. The number of carbonyl (C=O) groups is 1. The van der Waals surface area contributed by atoms with E-state index in [-0.39, 0.29) is 18.0 Å². The average Bonchev–Trinajstić information content (AvgIpc) is 3.22. The van der Waals surface area contributed by atoms with Crippen LogP contribution in [0, 0.1) is 6.92 Å². The van der Waals surface area contributed by atoms with Gasteiger partial charge in [0.1, 0.15) is 0 Å². The summed E-state index contributed by atoms with van der Waals surface area (Å²) in [6.45, 7) is 8.82. The van der Waals surface area contributed by atoms with Gasteiger partial charge in [0.2, 0.25) is 0 Å². The highest BCUT2D eigenvalue weighted by molar-refractivity contribution is 7.98. The third-order valence-corrected chi connectivity index (χ3v) is 6.41. The van der Waals surface area contributed by atoms with E-state index in [1.165, 1.54) is 5.56 Å². The predicted octanol–water partition coefficient (Wildman–Crippen LogP) is 5.28. The van der Waals surface area contributed by atoms with Crippen LogP contribution in [-0.4, -0.2) is 40.4 Å². The molecule has 6 nitrogen and oxygen atoms in total. The molecule has 32 heavy (non-hydrogen) atoms. The van der Waals surface area contributed by atoms with E-state index in [1.807, 2.05) is 31.2 Å². The maximum atomic E-state index is 12.3. The first-order chi connectivity index (χ1) is 15.4. The molecule has 0 saturated heterocycles. The molecule has 2 unspecified atom stereocenters. The first-order valence-corrected chi connectivity index (χ1v) is 11.9. The molecule has 0 aliphatic rings. The van der Waals surface area contributed by atoms with Gasteiger partial charge in [0.05, 0.1) is 12.6 Å². The second-order valence-corrected chi connectivity index (χ2v) is 9.06. The van der Waals surface area contributed by atoms with Gasteiger partial charge in [-0.15, -0.1) is 10.2 Å². The number of benzene rings is 2. The van der Waals surface area contributed by atoms with Crippen LogP contribution in [0.2, 0.25) is 0 Å². The van der Waals surface area contributed by atoms with Crippen LogP contribution in [0.3, 0.4) is 0 Å². The zero-order valence-corrected chi connectivity index (χ0v) is 20.3. The van der Waals surface area contributed by atoms with Crippen molar-refractivity contribution in [2.24, 2.45) is 0 Å². The molecule has 0 aliphatic carbocycles. The van der Waals surface area contributed by atoms with Crippen LogP contribution in [-0.2, 0) is 10.5 Å². The van der Waals surface area contributed by atoms with E-state index in [0.717, 1.165) is 34.3 Å². The van der Waals surface area contributed by atoms with Gasteiger partial charge in [-0.2, -0.15) is 0 Å². The van der Waals surface area contributed by atoms with Crippen molar-refractivity contribution < 1.29 is 9.53 Å². The smallest absolute Gasteiger partial charge is 0.251 e. The molecule has 170 valence electrons. The van der Waals surface area contributed by atoms with Gasteiger partial charge in [0.15, 0.2) is 11.0 Å². The molecular weight excluding hydrogens is 420 g/mol. The minimum absolute atomic E-state index is 0.0329. The zero-order valence-electron chi connectivity index (χ0n) is 19.5. The number of nitrogens with one attached hydrogen (secondary N) is 1. The lowest BCUT2D eigenvalue weighted by molar-refractivity contribution is 0.0939. The summed E-state index contributed by atoms with van der Waals surface area (Å²) in [6, 6.07) is 16.3. The molecule has 1 amide bonds. The fourth-order valence-corrected chi connectivity index (χ4v) is 4.29. The van der Waals surface area contributed by atoms with Crippen LogP contribution in [0.1, 0.15) is 54.7 Å². The Labute approximate surface area is 194 Å². The number of carbonyl (C=O) groups excluding carboxylic acids is 1. The summed E-state index contributed by atoms with van der Waals surface area (Å²) in [7, 11) is 1.71. The molecule has 1 heterocycles. The lowest BCUT2D eigenvalue weighted by atomic mass is 10.1. The van der Waals surface area contributed by atoms with Crippen LogP contribution >= 0.6 is 11.8 Å². The number of rotatable bonds is 10. The molecular formula is C25H32N4O2S. The molecule has 3 rings (SSSR count). The summed E-state index contributed by atoms with van der Waals surface area (Å²) in [5.74, 6) is 1.54. The van der Waals surface area contributed by atoms with Gasteiger partial charge in [-0.3, -0.25) is 9.36 Å². The van der Waals surface area contributed by atoms with Gasteiger partial charge in [-0.1, -0.05) is 60.6 Å². The van der Waals surface area contributed by atoms with Gasteiger partial charge in [0, 0.05) is 30.0 Å². The summed E-state index contributed by atoms with van der Waals surface area (Å²) in [6.07, 6.45) is 0.910. The Balaban J connectivity index is 1.75. The van der Waals surface area contributed by atoms with E-state index in [1.54, 1.807) is 18.9 Å². The molecule has 0 spiro atoms. The lowest BCUT2D eigenvalue weighted by Gasteiger charge is -2.17. The number of ether oxygens (including phenoxy) is 1. The molecule has 0 fully saturated rings. The minimum atomic E-state index is -0.0329. The van der Waals surface area contributed by atoms with Crippen LogP contribution in [0.4, 0.5) is 0 Å². The van der Waals surface area contributed by atoms with E-state index in [2.05, 4.69) is 65.1 Å². The van der Waals surface area contributed by atoms with Crippen LogP contribution in [0.25, 0.3) is 11.4 Å². The number of hydrogen-bond donors (Lipinski definition) is 1. The van der Waals surface area contributed by atoms with Gasteiger partial charge in [-0.25, -0.2) is 0 Å². The van der Waals surface area contributed by atoms with Crippen LogP contribution < -0.4 is 5.32 Å². The highest BCUT2D eigenvalue weighted by Gasteiger charge is 2.19. The number of hydrogen-bond acceptors (Lipinski definition) is 5. The topological polar surface area (TPSA) is 69.0 Å². The Kier molecular flexibility index (Phi) is 8.47. The number of methoxy groups -OCH3 is 1. The zero-order chi connectivity index (χ0) is 23.1. The fourth-order valence-electron chi connectivity index (χ4n) is 3.30. The minimum Gasteiger partial charge on any atom is -0.383 e. The van der Waals surface area contributed by atoms with Gasteiger partial charge in [-0.05, 0) is 44.9 Å². The Morgan fingerprint density at radius 1 is 1.09 bits per heavy atom. The van der Waals surface area contributed by atoms with Gasteiger partial charge < -0.3 is 10.1 Å². The molecule has 0 bridgehead atoms. The van der Waals surface area contributed by atoms with Crippen molar-refractivity contribution in [3.8, 4) is 11.4 Å². The van der Waals surface area contributed by atoms with E-state index in [0.29, 0.717) is 12.2 Å². The van der Waals surface area contributed by atoms with Crippen molar-refractivity contribution in [1.82, 2.24) is 20.1 Å². The van der Waals surface area contributed by atoms with Crippen molar-refractivity contribution in [2.45, 2.75) is 57.1 Å². The first-order valence-electron chi connectivity index (χ1n) is 11.0. The molecule has 1 N–H and O–H groups in total. The Bertz CT molecular complexity index is 1020. The van der Waals surface area contributed by atoms with Gasteiger partial charge in [0.25, 0.3) is 5.91 Å². The maximum Gasteiger partial charge on any atom is 0.251 e. The lowest BCUT2D eigenvalue weighted by Crippen LogP contribution is -2.31. The van der Waals surface area contributed by atoms with E-state index in [4.69, 9.17) is 4.74 Å². The molecule has 3 aromatic rings. The van der Waals surface area contributed by atoms with Crippen molar-refractivity contribution in [2.75, 3.05) is 13.7 Å². The average molecular weight is 453 g/mol. The maximum absolute atomic E-state index is 12.3. The van der Waals surface area contributed by atoms with Gasteiger partial charge >= 0.3 is 0 Å². The first kappa shape index (κ1) is 24.0. The Hall–Kier alpha value is -2.64. The number of amides is 1. The number of aromatic nitrogens is 3. The van der Waals surface area contributed by atoms with E-state index < -0.39 is 0 Å². The number of thioether (sulfide) groups is 1. The predicted molar refractivity (Wildman–Crippen MR) is 130 cm³/mol. The molecule has 2 atom stereocenters. The molecule has 0 aliphatic heterocycles. The quantitative estimate of drug-likeness (QED) is 0.424. The highest BCUT2D eigenvalue weighted by atomic mass is 32.2. The van der Waals surface area contributed by atoms with Crippen LogP contribution in [0.15, 0.2) is 53.7 Å². The van der Waals surface area contributed by atoms with Crippen molar-refractivity contribution in [3.05, 3.63) is 65.2 Å². The molecule has 0 saturated carbocycles. The number of aryl methyl sites for hydroxylation is 1. The second kappa shape index (κ2) is 11.3. The Morgan fingerprint density at radius 2 is 1.78 bits per heavy atom. The largest absolute Gasteiger partial charge is 0.383 e. The van der Waals surface area contributed by atoms with Crippen molar-refractivity contribution >= 4 is 17.7 Å². The second-order valence-electron chi connectivity index (χ2n) is 8.11. The fraction of sp³-hybridized carbons (Fsp3) is 0.400. The summed E-state index contributed by atoms with van der Waals surface area (Å²) < 4.78 is 7.55. The molecule has 7 heteroatoms. The number of nitrogens with zero attached hydrogens (tertiary/aromatic N) is 3. The van der Waals surface area contributed by atoms with Crippen molar-refractivity contribution in [3.63, 3.8) is 0 Å². The summed E-state index contributed by atoms with van der Waals surface area (Å²) in [5, 5.41) is 12.8. The third-order valence-electron chi connectivity index (χ3n) is 5.40. The summed E-state index contributed by atoms with van der Waals surface area (Å²) >= 11 is 1.63. The Morgan fingerprint density at radius 3 is 2.41 bits per heavy atom. The standard InChI is InChI=1S/C25H32N4O2S/c1-6-18(3)26-24(30)22-13-9-20(10-14-22)16-32-25-28-27-23(29(25)19(4)15-31-5)21-11-7-17(2)8-12-21/h7-14,18-19H,6,15-16H2,1-5H3,(H,26,30). The monoisotopic (exact) mass is 452 g/mol. The summed E-state index contributed by atoms with van der Waals surface area (Å²) in [4.78, 5) is 12.3. The third kappa shape index (κ3) is 5.99. The summed E-state index contributed by atoms with van der Waals surface area (Å²) in [5.41, 5.74) is 4.05.